The Hall–Kier alpha value is -0.930. The molecule has 1 saturated carbocycles. The van der Waals surface area contributed by atoms with E-state index in [0.29, 0.717) is 6.54 Å². The molecule has 1 aliphatic heterocycles. The first-order valence-electron chi connectivity index (χ1n) is 5.47. The molecule has 4 heteroatoms. The zero-order valence-corrected chi connectivity index (χ0v) is 9.93. The summed E-state index contributed by atoms with van der Waals surface area (Å²) in [6, 6.07) is 2.00. The van der Waals surface area contributed by atoms with Gasteiger partial charge in [0, 0.05) is 17.5 Å². The number of halogens is 1. The Labute approximate surface area is 99.5 Å². The molecule has 0 amide bonds. The van der Waals surface area contributed by atoms with E-state index in [4.69, 9.17) is 26.8 Å². The van der Waals surface area contributed by atoms with Gasteiger partial charge >= 0.3 is 0 Å². The third kappa shape index (κ3) is 1.25. The Kier molecular flexibility index (Phi) is 2.10. The van der Waals surface area contributed by atoms with Crippen LogP contribution in [0.3, 0.4) is 0 Å². The summed E-state index contributed by atoms with van der Waals surface area (Å²) in [6.07, 6.45) is 2.23. The van der Waals surface area contributed by atoms with Crippen molar-refractivity contribution in [3.05, 3.63) is 22.2 Å². The van der Waals surface area contributed by atoms with Gasteiger partial charge in [0.05, 0.1) is 5.02 Å². The number of fused-ring (bicyclic) bond motifs is 1. The molecule has 0 aromatic heterocycles. The largest absolute Gasteiger partial charge is 0.454 e. The summed E-state index contributed by atoms with van der Waals surface area (Å²) in [5.74, 6) is 1.58. The molecule has 0 spiro atoms. The summed E-state index contributed by atoms with van der Waals surface area (Å²) in [5.41, 5.74) is 8.01. The highest BCUT2D eigenvalue weighted by Gasteiger charge is 2.45. The smallest absolute Gasteiger partial charge is 0.231 e. The van der Waals surface area contributed by atoms with Gasteiger partial charge in [0.15, 0.2) is 11.5 Å². The molecule has 1 aromatic carbocycles. The van der Waals surface area contributed by atoms with Crippen LogP contribution in [-0.4, -0.2) is 13.3 Å². The van der Waals surface area contributed by atoms with E-state index < -0.39 is 0 Å². The Morgan fingerprint density at radius 3 is 2.81 bits per heavy atom. The number of hydrogen-bond acceptors (Lipinski definition) is 3. The average Bonchev–Trinajstić information content (AvgIpc) is 2.95. The highest BCUT2D eigenvalue weighted by Crippen LogP contribution is 2.53. The Morgan fingerprint density at radius 1 is 1.44 bits per heavy atom. The number of rotatable bonds is 2. The van der Waals surface area contributed by atoms with Crippen LogP contribution in [0.15, 0.2) is 6.07 Å². The van der Waals surface area contributed by atoms with Crippen LogP contribution in [0, 0.1) is 6.92 Å². The lowest BCUT2D eigenvalue weighted by Crippen LogP contribution is -2.20. The number of benzene rings is 1. The molecule has 0 saturated heterocycles. The number of hydrogen-bond donors (Lipinski definition) is 1. The molecule has 1 aromatic rings. The van der Waals surface area contributed by atoms with Crippen LogP contribution < -0.4 is 15.2 Å². The first kappa shape index (κ1) is 10.2. The highest BCUT2D eigenvalue weighted by atomic mass is 35.5. The molecule has 2 N–H and O–H groups in total. The summed E-state index contributed by atoms with van der Waals surface area (Å²) in [5, 5.41) is 0.784. The number of nitrogens with two attached hydrogens (primary N) is 1. The van der Waals surface area contributed by atoms with Crippen molar-refractivity contribution in [3.8, 4) is 11.5 Å². The molecule has 2 aliphatic rings. The Balaban J connectivity index is 2.17. The molecule has 86 valence electrons. The normalized spacial score (nSPS) is 19.9. The first-order valence-corrected chi connectivity index (χ1v) is 5.85. The molecule has 0 bridgehead atoms. The van der Waals surface area contributed by atoms with Crippen LogP contribution in [0.5, 0.6) is 11.5 Å². The molecule has 3 nitrogen and oxygen atoms in total. The van der Waals surface area contributed by atoms with E-state index in [9.17, 15) is 0 Å². The van der Waals surface area contributed by atoms with Crippen molar-refractivity contribution in [2.75, 3.05) is 13.3 Å². The van der Waals surface area contributed by atoms with Crippen LogP contribution in [0.2, 0.25) is 5.02 Å². The zero-order valence-electron chi connectivity index (χ0n) is 9.18. The van der Waals surface area contributed by atoms with Crippen LogP contribution in [0.1, 0.15) is 24.0 Å². The predicted octanol–water partition coefficient (Wildman–Crippen LogP) is 2.37. The maximum Gasteiger partial charge on any atom is 0.231 e. The van der Waals surface area contributed by atoms with Crippen molar-refractivity contribution in [1.82, 2.24) is 0 Å². The average molecular weight is 240 g/mol. The standard InChI is InChI=1S/C12H14ClNO2/c1-7-10(13)8(12(5-14)2-3-12)4-9-11(7)16-6-15-9/h4H,2-3,5-6,14H2,1H3. The summed E-state index contributed by atoms with van der Waals surface area (Å²) < 4.78 is 10.8. The molecule has 0 radical (unpaired) electrons. The van der Waals surface area contributed by atoms with E-state index in [0.717, 1.165) is 40.5 Å². The van der Waals surface area contributed by atoms with Crippen molar-refractivity contribution in [2.45, 2.75) is 25.2 Å². The van der Waals surface area contributed by atoms with Gasteiger partial charge in [-0.15, -0.1) is 0 Å². The minimum atomic E-state index is 0.0861. The lowest BCUT2D eigenvalue weighted by Gasteiger charge is -2.17. The molecule has 3 rings (SSSR count). The van der Waals surface area contributed by atoms with Gasteiger partial charge in [-0.25, -0.2) is 0 Å². The second kappa shape index (κ2) is 3.28. The maximum atomic E-state index is 6.39. The van der Waals surface area contributed by atoms with Crippen molar-refractivity contribution >= 4 is 11.6 Å². The summed E-state index contributed by atoms with van der Waals surface area (Å²) >= 11 is 6.39. The van der Waals surface area contributed by atoms with Crippen molar-refractivity contribution in [2.24, 2.45) is 5.73 Å². The van der Waals surface area contributed by atoms with Crippen molar-refractivity contribution < 1.29 is 9.47 Å². The molecule has 1 heterocycles. The molecular weight excluding hydrogens is 226 g/mol. The fourth-order valence-corrected chi connectivity index (χ4v) is 2.65. The lowest BCUT2D eigenvalue weighted by atomic mass is 9.94. The Bertz CT molecular complexity index is 455. The van der Waals surface area contributed by atoms with E-state index in [-0.39, 0.29) is 12.2 Å². The molecule has 1 aliphatic carbocycles. The van der Waals surface area contributed by atoms with Gasteiger partial charge in [-0.05, 0) is 31.4 Å². The van der Waals surface area contributed by atoms with E-state index in [1.54, 1.807) is 0 Å². The minimum absolute atomic E-state index is 0.0861. The second-order valence-electron chi connectivity index (χ2n) is 4.58. The van der Waals surface area contributed by atoms with Gasteiger partial charge in [-0.3, -0.25) is 0 Å². The predicted molar refractivity (Wildman–Crippen MR) is 62.3 cm³/mol. The quantitative estimate of drug-likeness (QED) is 0.862. The summed E-state index contributed by atoms with van der Waals surface area (Å²) in [6.45, 7) is 2.89. The van der Waals surface area contributed by atoms with Crippen LogP contribution in [-0.2, 0) is 5.41 Å². The molecule has 16 heavy (non-hydrogen) atoms. The van der Waals surface area contributed by atoms with Gasteiger partial charge in [0.1, 0.15) is 0 Å². The van der Waals surface area contributed by atoms with E-state index in [1.807, 2.05) is 13.0 Å². The fraction of sp³-hybridized carbons (Fsp3) is 0.500. The molecule has 1 fully saturated rings. The van der Waals surface area contributed by atoms with E-state index in [2.05, 4.69) is 0 Å². The first-order chi connectivity index (χ1) is 7.68. The Morgan fingerprint density at radius 2 is 2.19 bits per heavy atom. The van der Waals surface area contributed by atoms with Crippen molar-refractivity contribution in [1.29, 1.82) is 0 Å². The van der Waals surface area contributed by atoms with Crippen LogP contribution in [0.25, 0.3) is 0 Å². The molecular formula is C12H14ClNO2. The SMILES string of the molecule is Cc1c(Cl)c(C2(CN)CC2)cc2c1OCO2. The lowest BCUT2D eigenvalue weighted by molar-refractivity contribution is 0.173. The monoisotopic (exact) mass is 239 g/mol. The second-order valence-corrected chi connectivity index (χ2v) is 4.96. The summed E-state index contributed by atoms with van der Waals surface area (Å²) in [7, 11) is 0. The van der Waals surface area contributed by atoms with Gasteiger partial charge in [-0.1, -0.05) is 11.6 Å². The highest BCUT2D eigenvalue weighted by molar-refractivity contribution is 6.32. The molecule has 0 unspecified atom stereocenters. The van der Waals surface area contributed by atoms with Gasteiger partial charge in [0.25, 0.3) is 0 Å². The maximum absolute atomic E-state index is 6.39. The van der Waals surface area contributed by atoms with Crippen LogP contribution in [0.4, 0.5) is 0 Å². The topological polar surface area (TPSA) is 44.5 Å². The van der Waals surface area contributed by atoms with Gasteiger partial charge < -0.3 is 15.2 Å². The van der Waals surface area contributed by atoms with E-state index >= 15 is 0 Å². The van der Waals surface area contributed by atoms with Gasteiger partial charge in [0.2, 0.25) is 6.79 Å². The van der Waals surface area contributed by atoms with Crippen LogP contribution >= 0.6 is 11.6 Å². The summed E-state index contributed by atoms with van der Waals surface area (Å²) in [4.78, 5) is 0. The van der Waals surface area contributed by atoms with Crippen molar-refractivity contribution in [3.63, 3.8) is 0 Å². The minimum Gasteiger partial charge on any atom is -0.454 e. The van der Waals surface area contributed by atoms with E-state index in [1.165, 1.54) is 0 Å². The third-order valence-electron chi connectivity index (χ3n) is 3.64. The van der Waals surface area contributed by atoms with Gasteiger partial charge in [-0.2, -0.15) is 0 Å². The number of ether oxygens (including phenoxy) is 2. The molecule has 0 atom stereocenters. The zero-order chi connectivity index (χ0) is 11.3. The fourth-order valence-electron chi connectivity index (χ4n) is 2.31. The third-order valence-corrected chi connectivity index (χ3v) is 4.13.